The molecule has 1 aliphatic rings. The van der Waals surface area contributed by atoms with Crippen LogP contribution in [0, 0.1) is 0 Å². The van der Waals surface area contributed by atoms with Crippen molar-refractivity contribution in [2.45, 2.75) is 19.1 Å². The summed E-state index contributed by atoms with van der Waals surface area (Å²) in [5.41, 5.74) is 9.25. The summed E-state index contributed by atoms with van der Waals surface area (Å²) in [4.78, 5) is 0. The van der Waals surface area contributed by atoms with Gasteiger partial charge in [-0.25, -0.2) is 0 Å². The molecule has 0 heterocycles. The van der Waals surface area contributed by atoms with Gasteiger partial charge >= 0.3 is 0 Å². The van der Waals surface area contributed by atoms with Gasteiger partial charge in [-0.1, -0.05) is 122 Å². The third-order valence-electron chi connectivity index (χ3n) is 6.15. The molecule has 4 aromatic rings. The van der Waals surface area contributed by atoms with Gasteiger partial charge in [0.1, 0.15) is 0 Å². The van der Waals surface area contributed by atoms with Crippen LogP contribution >= 0.6 is 0 Å². The van der Waals surface area contributed by atoms with Gasteiger partial charge in [-0.05, 0) is 33.4 Å². The fourth-order valence-electron chi connectivity index (χ4n) is 4.83. The lowest BCUT2D eigenvalue weighted by Crippen LogP contribution is -2.29. The van der Waals surface area contributed by atoms with Crippen molar-refractivity contribution >= 4 is 12.2 Å². The van der Waals surface area contributed by atoms with E-state index in [9.17, 15) is 0 Å². The summed E-state index contributed by atoms with van der Waals surface area (Å²) < 4.78 is 0. The van der Waals surface area contributed by atoms with Crippen LogP contribution in [0.15, 0.2) is 103 Å². The van der Waals surface area contributed by atoms with Gasteiger partial charge in [0.25, 0.3) is 0 Å². The molecule has 0 aliphatic heterocycles. The minimum Gasteiger partial charge on any atom is -0.0819 e. The number of hydrogen-bond acceptors (Lipinski definition) is 0. The standard InChI is InChI=1S/C27H23B/c1-28(2)22-17-18-26-24(19-22)23-15-9-10-16-25(23)27(26,20-11-5-3-6-12-20)21-13-7-4-8-14-21/h3-19H,1-2H3. The fraction of sp³-hybridized carbons (Fsp3) is 0.111. The first kappa shape index (κ1) is 17.1. The lowest BCUT2D eigenvalue weighted by Gasteiger charge is -2.33. The summed E-state index contributed by atoms with van der Waals surface area (Å²) in [7, 11) is 0. The van der Waals surface area contributed by atoms with Crippen LogP contribution in [-0.4, -0.2) is 6.71 Å². The molecule has 1 heteroatoms. The molecule has 0 bridgehead atoms. The summed E-state index contributed by atoms with van der Waals surface area (Å²) >= 11 is 0. The predicted octanol–water partition coefficient (Wildman–Crippen LogP) is 6.01. The van der Waals surface area contributed by atoms with Crippen LogP contribution in [0.2, 0.25) is 13.6 Å². The highest BCUT2D eigenvalue weighted by Gasteiger charge is 2.45. The average Bonchev–Trinajstić information content (AvgIpc) is 3.06. The van der Waals surface area contributed by atoms with E-state index in [2.05, 4.69) is 117 Å². The zero-order valence-electron chi connectivity index (χ0n) is 16.4. The molecule has 0 aromatic heterocycles. The Labute approximate surface area is 168 Å². The molecule has 5 rings (SSSR count). The van der Waals surface area contributed by atoms with E-state index in [4.69, 9.17) is 0 Å². The normalized spacial score (nSPS) is 13.6. The fourth-order valence-corrected chi connectivity index (χ4v) is 4.83. The van der Waals surface area contributed by atoms with Crippen molar-refractivity contribution in [3.05, 3.63) is 125 Å². The van der Waals surface area contributed by atoms with E-state index in [-0.39, 0.29) is 5.41 Å². The summed E-state index contributed by atoms with van der Waals surface area (Å²) in [5, 5.41) is 0. The van der Waals surface area contributed by atoms with Gasteiger partial charge in [-0.3, -0.25) is 0 Å². The van der Waals surface area contributed by atoms with E-state index < -0.39 is 0 Å². The van der Waals surface area contributed by atoms with E-state index in [1.807, 2.05) is 0 Å². The quantitative estimate of drug-likeness (QED) is 0.347. The van der Waals surface area contributed by atoms with Crippen LogP contribution < -0.4 is 5.46 Å². The van der Waals surface area contributed by atoms with E-state index in [0.29, 0.717) is 6.71 Å². The van der Waals surface area contributed by atoms with E-state index in [1.165, 1.54) is 38.8 Å². The largest absolute Gasteiger partial charge is 0.169 e. The summed E-state index contributed by atoms with van der Waals surface area (Å²) in [6, 6.07) is 37.9. The second-order valence-electron chi connectivity index (χ2n) is 7.99. The maximum Gasteiger partial charge on any atom is 0.169 e. The molecule has 28 heavy (non-hydrogen) atoms. The maximum absolute atomic E-state index is 2.41. The van der Waals surface area contributed by atoms with Gasteiger partial charge in [0, 0.05) is 0 Å². The molecule has 0 saturated carbocycles. The van der Waals surface area contributed by atoms with Crippen LogP contribution in [0.5, 0.6) is 0 Å². The van der Waals surface area contributed by atoms with E-state index >= 15 is 0 Å². The Morgan fingerprint density at radius 2 is 1.07 bits per heavy atom. The minimum atomic E-state index is -0.274. The van der Waals surface area contributed by atoms with E-state index in [1.54, 1.807) is 0 Å². The molecule has 134 valence electrons. The molecule has 0 unspecified atom stereocenters. The highest BCUT2D eigenvalue weighted by Crippen LogP contribution is 2.55. The van der Waals surface area contributed by atoms with Crippen LogP contribution in [0.4, 0.5) is 0 Å². The van der Waals surface area contributed by atoms with Gasteiger partial charge in [-0.2, -0.15) is 0 Å². The maximum atomic E-state index is 2.41. The number of fused-ring (bicyclic) bond motifs is 3. The molecule has 0 spiro atoms. The first-order valence-electron chi connectivity index (χ1n) is 10.1. The highest BCUT2D eigenvalue weighted by atomic mass is 14.5. The predicted molar refractivity (Wildman–Crippen MR) is 121 cm³/mol. The van der Waals surface area contributed by atoms with Crippen LogP contribution in [0.25, 0.3) is 11.1 Å². The lowest BCUT2D eigenvalue weighted by atomic mass is 9.49. The summed E-state index contributed by atoms with van der Waals surface area (Å²) in [5.74, 6) is 0. The van der Waals surface area contributed by atoms with Gasteiger partial charge in [-0.15, -0.1) is 0 Å². The zero-order valence-corrected chi connectivity index (χ0v) is 16.4. The highest BCUT2D eigenvalue weighted by molar-refractivity contribution is 6.70. The summed E-state index contributed by atoms with van der Waals surface area (Å²) in [6.45, 7) is 5.05. The van der Waals surface area contributed by atoms with Crippen molar-refractivity contribution in [3.63, 3.8) is 0 Å². The Bertz CT molecular complexity index is 1090. The lowest BCUT2D eigenvalue weighted by molar-refractivity contribution is 0.768. The zero-order chi connectivity index (χ0) is 19.1. The molecule has 4 aromatic carbocycles. The topological polar surface area (TPSA) is 0 Å². The smallest absolute Gasteiger partial charge is 0.0819 e. The molecule has 0 radical (unpaired) electrons. The van der Waals surface area contributed by atoms with Crippen LogP contribution in [0.3, 0.4) is 0 Å². The first-order chi connectivity index (χ1) is 13.7. The van der Waals surface area contributed by atoms with E-state index in [0.717, 1.165) is 0 Å². The number of benzene rings is 4. The molecule has 0 fully saturated rings. The average molecular weight is 358 g/mol. The second-order valence-corrected chi connectivity index (χ2v) is 7.99. The van der Waals surface area contributed by atoms with Crippen molar-refractivity contribution in [1.29, 1.82) is 0 Å². The minimum absolute atomic E-state index is 0.274. The van der Waals surface area contributed by atoms with Crippen molar-refractivity contribution < 1.29 is 0 Å². The molecular formula is C27H23B. The Balaban J connectivity index is 1.94. The monoisotopic (exact) mass is 358 g/mol. The third-order valence-corrected chi connectivity index (χ3v) is 6.15. The SMILES string of the molecule is CB(C)c1ccc2c(c1)-c1ccccc1C2(c1ccccc1)c1ccccc1. The molecule has 0 saturated heterocycles. The van der Waals surface area contributed by atoms with Crippen molar-refractivity contribution in [2.24, 2.45) is 0 Å². The molecule has 1 aliphatic carbocycles. The summed E-state index contributed by atoms with van der Waals surface area (Å²) in [6.07, 6.45) is 0. The van der Waals surface area contributed by atoms with Crippen molar-refractivity contribution in [3.8, 4) is 11.1 Å². The van der Waals surface area contributed by atoms with Gasteiger partial charge < -0.3 is 0 Å². The molecular weight excluding hydrogens is 335 g/mol. The molecule has 0 nitrogen and oxygen atoms in total. The molecule has 0 amide bonds. The third kappa shape index (κ3) is 2.32. The molecule has 0 N–H and O–H groups in total. The number of rotatable bonds is 3. The van der Waals surface area contributed by atoms with Gasteiger partial charge in [0.05, 0.1) is 5.41 Å². The first-order valence-corrected chi connectivity index (χ1v) is 10.1. The second kappa shape index (κ2) is 6.53. The van der Waals surface area contributed by atoms with Crippen LogP contribution in [0.1, 0.15) is 22.3 Å². The van der Waals surface area contributed by atoms with Gasteiger partial charge in [0.2, 0.25) is 0 Å². The van der Waals surface area contributed by atoms with Gasteiger partial charge in [0.15, 0.2) is 6.71 Å². The Kier molecular flexibility index (Phi) is 3.98. The number of hydrogen-bond donors (Lipinski definition) is 0. The van der Waals surface area contributed by atoms with Crippen molar-refractivity contribution in [1.82, 2.24) is 0 Å². The van der Waals surface area contributed by atoms with Crippen molar-refractivity contribution in [2.75, 3.05) is 0 Å². The molecule has 0 atom stereocenters. The van der Waals surface area contributed by atoms with Crippen LogP contribution in [-0.2, 0) is 5.41 Å². The Hall–Kier alpha value is -3.06. The Morgan fingerprint density at radius 1 is 0.536 bits per heavy atom. The Morgan fingerprint density at radius 3 is 1.68 bits per heavy atom.